The first-order chi connectivity index (χ1) is 26.3. The van der Waals surface area contributed by atoms with Crippen molar-refractivity contribution in [3.05, 3.63) is 92.7 Å². The Bertz CT molecular complexity index is 1850. The molecule has 0 bridgehead atoms. The predicted molar refractivity (Wildman–Crippen MR) is 205 cm³/mol. The average Bonchev–Trinajstić information content (AvgIpc) is 3.51. The Balaban J connectivity index is 1.17. The van der Waals surface area contributed by atoms with Gasteiger partial charge in [-0.3, -0.25) is 0 Å². The molecule has 3 aromatic rings. The number of hydrogen-bond donors (Lipinski definition) is 1. The van der Waals surface area contributed by atoms with Crippen LogP contribution in [-0.4, -0.2) is 83.0 Å². The molecule has 1 aromatic heterocycles. The van der Waals surface area contributed by atoms with Gasteiger partial charge in [0.15, 0.2) is 0 Å². The van der Waals surface area contributed by atoms with Crippen molar-refractivity contribution in [1.82, 2.24) is 0 Å². The van der Waals surface area contributed by atoms with E-state index in [1.165, 1.54) is 11.3 Å². The molecule has 54 heavy (non-hydrogen) atoms. The summed E-state index contributed by atoms with van der Waals surface area (Å²) in [6.45, 7) is 17.2. The van der Waals surface area contributed by atoms with Crippen molar-refractivity contribution in [3.63, 3.8) is 0 Å². The highest BCUT2D eigenvalue weighted by atomic mass is 32.1. The second-order valence-corrected chi connectivity index (χ2v) is 13.4. The van der Waals surface area contributed by atoms with E-state index in [2.05, 4.69) is 51.2 Å². The second-order valence-electron chi connectivity index (χ2n) is 12.4. The number of aryl methyl sites for hydroxylation is 1. The zero-order valence-electron chi connectivity index (χ0n) is 31.0. The molecule has 1 aliphatic rings. The van der Waals surface area contributed by atoms with Crippen LogP contribution in [-0.2, 0) is 33.3 Å². The number of rotatable bonds is 22. The number of nitrogens with zero attached hydrogens (tertiary/aromatic N) is 5. The van der Waals surface area contributed by atoms with E-state index in [1.807, 2.05) is 37.3 Å². The van der Waals surface area contributed by atoms with E-state index in [0.717, 1.165) is 36.2 Å². The topological polar surface area (TPSA) is 157 Å². The molecular weight excluding hydrogens is 711 g/mol. The number of carbonyl (C=O) groups excluding carboxylic acids is 1. The maximum atomic E-state index is 12.3. The molecular formula is C40H47N5O8S. The Morgan fingerprint density at radius 3 is 2.20 bits per heavy atom. The largest absolute Gasteiger partial charge is 0.478 e. The van der Waals surface area contributed by atoms with Gasteiger partial charge < -0.3 is 33.7 Å². The fourth-order valence-corrected chi connectivity index (χ4v) is 6.69. The summed E-state index contributed by atoms with van der Waals surface area (Å²) < 4.78 is 28.3. The van der Waals surface area contributed by atoms with Crippen LogP contribution in [0.1, 0.15) is 60.3 Å². The Kier molecular flexibility index (Phi) is 17.3. The Labute approximate surface area is 320 Å². The number of anilines is 1. The minimum atomic E-state index is -1.06. The summed E-state index contributed by atoms with van der Waals surface area (Å²) in [7, 11) is 0. The molecule has 0 aliphatic heterocycles. The van der Waals surface area contributed by atoms with Gasteiger partial charge in [0, 0.05) is 29.9 Å². The number of azo groups is 1. The number of likely N-dealkylation sites (N-methyl/N-ethyl adjacent to an activating group) is 1. The van der Waals surface area contributed by atoms with Gasteiger partial charge in [0.25, 0.3) is 0 Å². The second kappa shape index (κ2) is 22.3. The van der Waals surface area contributed by atoms with E-state index in [9.17, 15) is 20.0 Å². The van der Waals surface area contributed by atoms with E-state index in [-0.39, 0.29) is 30.5 Å². The van der Waals surface area contributed by atoms with Gasteiger partial charge in [-0.1, -0.05) is 30.3 Å². The molecule has 4 rings (SSSR count). The summed E-state index contributed by atoms with van der Waals surface area (Å²) in [6, 6.07) is 18.2. The molecule has 1 N–H and O–H groups in total. The van der Waals surface area contributed by atoms with Crippen LogP contribution in [0.15, 0.2) is 69.9 Å². The number of carboxylic acids is 1. The molecule has 0 fully saturated rings. The van der Waals surface area contributed by atoms with Crippen molar-refractivity contribution in [1.29, 1.82) is 5.26 Å². The Morgan fingerprint density at radius 2 is 1.59 bits per heavy atom. The van der Waals surface area contributed by atoms with E-state index in [0.29, 0.717) is 85.8 Å². The third-order valence-electron chi connectivity index (χ3n) is 8.77. The van der Waals surface area contributed by atoms with Crippen LogP contribution in [0.25, 0.3) is 4.85 Å². The number of benzene rings is 2. The molecule has 0 radical (unpaired) electrons. The van der Waals surface area contributed by atoms with Crippen LogP contribution in [0.5, 0.6) is 0 Å². The lowest BCUT2D eigenvalue weighted by Crippen LogP contribution is -2.30. The number of nitriles is 1. The molecule has 0 saturated heterocycles. The highest BCUT2D eigenvalue weighted by molar-refractivity contribution is 7.17. The van der Waals surface area contributed by atoms with Gasteiger partial charge in [-0.05, 0) is 81.3 Å². The Hall–Kier alpha value is -4.96. The van der Waals surface area contributed by atoms with E-state index >= 15 is 0 Å². The number of hydrogen-bond acceptors (Lipinski definition) is 12. The van der Waals surface area contributed by atoms with Gasteiger partial charge in [-0.25, -0.2) is 14.4 Å². The van der Waals surface area contributed by atoms with Crippen LogP contribution in [0.4, 0.5) is 22.1 Å². The minimum absolute atomic E-state index is 0.0474. The molecule has 14 heteroatoms. The number of aliphatic carboxylic acids is 1. The fraction of sp³-hybridized carbons (Fsp3) is 0.450. The Morgan fingerprint density at radius 1 is 0.944 bits per heavy atom. The van der Waals surface area contributed by atoms with Gasteiger partial charge in [-0.15, -0.1) is 11.3 Å². The van der Waals surface area contributed by atoms with Crippen molar-refractivity contribution in [3.8, 4) is 6.07 Å². The van der Waals surface area contributed by atoms with Gasteiger partial charge in [0.2, 0.25) is 5.69 Å². The molecule has 13 nitrogen and oxygen atoms in total. The maximum absolute atomic E-state index is 12.3. The third kappa shape index (κ3) is 12.3. The molecule has 0 amide bonds. The summed E-state index contributed by atoms with van der Waals surface area (Å²) in [5.41, 5.74) is 5.11. The summed E-state index contributed by atoms with van der Waals surface area (Å²) >= 11 is 1.17. The SMILES string of the molecule is [C-]#[N+]c1c(N=Nc2ccc(N(CC)CC(OCCOCCOCCOCCOC(=O)C3=C(C(=O)O)CCCC3)c3ccccc3)cc2C)sc(C#N)c1C. The number of ether oxygens (including phenoxy) is 5. The van der Waals surface area contributed by atoms with Crippen LogP contribution in [0.3, 0.4) is 0 Å². The maximum Gasteiger partial charge on any atom is 0.334 e. The van der Waals surface area contributed by atoms with Crippen molar-refractivity contribution < 1.29 is 38.4 Å². The number of carboxylic acid groups (broad SMARTS) is 1. The van der Waals surface area contributed by atoms with Gasteiger partial charge in [-0.2, -0.15) is 15.5 Å². The zero-order chi connectivity index (χ0) is 38.7. The van der Waals surface area contributed by atoms with Gasteiger partial charge in [0.05, 0.1) is 63.4 Å². The molecule has 0 spiro atoms. The van der Waals surface area contributed by atoms with Crippen molar-refractivity contribution >= 4 is 45.3 Å². The molecule has 2 aromatic carbocycles. The first kappa shape index (κ1) is 41.8. The lowest BCUT2D eigenvalue weighted by atomic mass is 9.92. The summed E-state index contributed by atoms with van der Waals surface area (Å²) in [5.74, 6) is -1.63. The molecule has 1 atom stereocenters. The minimum Gasteiger partial charge on any atom is -0.478 e. The van der Waals surface area contributed by atoms with E-state index < -0.39 is 11.9 Å². The molecule has 286 valence electrons. The summed E-state index contributed by atoms with van der Waals surface area (Å²) in [5, 5.41) is 27.8. The van der Waals surface area contributed by atoms with Crippen LogP contribution in [0, 0.1) is 31.8 Å². The molecule has 0 saturated carbocycles. The number of thiophene rings is 1. The van der Waals surface area contributed by atoms with Gasteiger partial charge >= 0.3 is 11.9 Å². The fourth-order valence-electron chi connectivity index (χ4n) is 5.82. The quantitative estimate of drug-likeness (QED) is 0.0457. The normalized spacial score (nSPS) is 13.4. The van der Waals surface area contributed by atoms with Crippen molar-refractivity contribution in [2.75, 3.05) is 70.8 Å². The van der Waals surface area contributed by atoms with Crippen LogP contribution >= 0.6 is 11.3 Å². The van der Waals surface area contributed by atoms with E-state index in [1.54, 1.807) is 6.92 Å². The third-order valence-corrected chi connectivity index (χ3v) is 9.84. The monoisotopic (exact) mass is 757 g/mol. The van der Waals surface area contributed by atoms with Crippen molar-refractivity contribution in [2.45, 2.75) is 52.6 Å². The van der Waals surface area contributed by atoms with E-state index in [4.69, 9.17) is 30.3 Å². The predicted octanol–water partition coefficient (Wildman–Crippen LogP) is 8.34. The van der Waals surface area contributed by atoms with Crippen LogP contribution < -0.4 is 4.90 Å². The standard InChI is InChI=1S/C40H47N5O8S/c1-5-45(31-15-16-34(28(2)25-31)43-44-38-37(42-4)29(3)36(26-41)54-38)27-35(30-11-7-6-8-12-30)52-23-21-50-19-17-49-18-20-51-22-24-53-40(48)33-14-10-9-13-32(33)39(46)47/h6-8,11-12,15-16,25,35H,5,9-10,13-14,17-24,27H2,1-3H3,(H,46,47). The molecule has 1 aliphatic carbocycles. The average molecular weight is 758 g/mol. The smallest absolute Gasteiger partial charge is 0.334 e. The number of esters is 1. The lowest BCUT2D eigenvalue weighted by Gasteiger charge is -2.29. The first-order valence-corrected chi connectivity index (χ1v) is 18.8. The zero-order valence-corrected chi connectivity index (χ0v) is 31.9. The lowest BCUT2D eigenvalue weighted by molar-refractivity contribution is -0.142. The molecule has 1 heterocycles. The summed E-state index contributed by atoms with van der Waals surface area (Å²) in [4.78, 5) is 29.9. The first-order valence-electron chi connectivity index (χ1n) is 18.0. The highest BCUT2D eigenvalue weighted by Crippen LogP contribution is 2.42. The molecule has 1 unspecified atom stereocenters. The van der Waals surface area contributed by atoms with Gasteiger partial charge in [0.1, 0.15) is 23.8 Å². The number of carbonyl (C=O) groups is 2. The highest BCUT2D eigenvalue weighted by Gasteiger charge is 2.24. The van der Waals surface area contributed by atoms with Crippen molar-refractivity contribution in [2.24, 2.45) is 10.2 Å². The summed E-state index contributed by atoms with van der Waals surface area (Å²) in [6.07, 6.45) is 2.16. The van der Waals surface area contributed by atoms with Crippen LogP contribution in [0.2, 0.25) is 0 Å².